The van der Waals surface area contributed by atoms with Gasteiger partial charge in [0.2, 0.25) is 0 Å². The van der Waals surface area contributed by atoms with Crippen LogP contribution in [0, 0.1) is 12.7 Å². The third-order valence-electron chi connectivity index (χ3n) is 3.96. The predicted molar refractivity (Wildman–Crippen MR) is 92.8 cm³/mol. The Bertz CT molecular complexity index is 939. The molecule has 5 nitrogen and oxygen atoms in total. The van der Waals surface area contributed by atoms with Gasteiger partial charge < -0.3 is 9.84 Å². The van der Waals surface area contributed by atoms with Crippen LogP contribution in [0.3, 0.4) is 0 Å². The molecule has 0 amide bonds. The molecule has 0 aliphatic heterocycles. The lowest BCUT2D eigenvalue weighted by Crippen LogP contribution is -2.31. The fourth-order valence-electron chi connectivity index (χ4n) is 2.70. The molecule has 130 valence electrons. The van der Waals surface area contributed by atoms with E-state index in [9.17, 15) is 14.3 Å². The number of hydrogen-bond acceptors (Lipinski definition) is 4. The highest BCUT2D eigenvalue weighted by Crippen LogP contribution is 2.12. The molecule has 25 heavy (non-hydrogen) atoms. The number of aryl methyl sites for hydroxylation is 1. The molecule has 0 bridgehead atoms. The molecule has 0 radical (unpaired) electrons. The van der Waals surface area contributed by atoms with Crippen molar-refractivity contribution in [3.05, 3.63) is 76.0 Å². The van der Waals surface area contributed by atoms with Crippen LogP contribution >= 0.6 is 0 Å². The Morgan fingerprint density at radius 3 is 2.60 bits per heavy atom. The number of aromatic nitrogens is 2. The maximum absolute atomic E-state index is 13.5. The lowest BCUT2D eigenvalue weighted by Gasteiger charge is -2.14. The molecule has 0 saturated heterocycles. The summed E-state index contributed by atoms with van der Waals surface area (Å²) in [5.41, 5.74) is 0.885. The number of fused-ring (bicyclic) bond motifs is 1. The second-order valence-electron chi connectivity index (χ2n) is 5.88. The summed E-state index contributed by atoms with van der Waals surface area (Å²) in [6, 6.07) is 13.5. The summed E-state index contributed by atoms with van der Waals surface area (Å²) >= 11 is 0. The first-order valence-corrected chi connectivity index (χ1v) is 8.02. The maximum atomic E-state index is 13.5. The van der Waals surface area contributed by atoms with Gasteiger partial charge in [-0.2, -0.15) is 5.10 Å². The molecule has 1 atom stereocenters. The summed E-state index contributed by atoms with van der Waals surface area (Å²) in [7, 11) is 0. The quantitative estimate of drug-likeness (QED) is 0.747. The number of rotatable bonds is 6. The summed E-state index contributed by atoms with van der Waals surface area (Å²) in [4.78, 5) is 12.5. The molecule has 3 rings (SSSR count). The Morgan fingerprint density at radius 1 is 1.16 bits per heavy atom. The van der Waals surface area contributed by atoms with Gasteiger partial charge in [-0.3, -0.25) is 4.79 Å². The number of halogens is 1. The Morgan fingerprint density at radius 2 is 1.84 bits per heavy atom. The third kappa shape index (κ3) is 3.92. The Hall–Kier alpha value is -2.57. The summed E-state index contributed by atoms with van der Waals surface area (Å²) < 4.78 is 20.1. The topological polar surface area (TPSA) is 64.3 Å². The largest absolute Gasteiger partial charge is 0.389 e. The minimum Gasteiger partial charge on any atom is -0.389 e. The van der Waals surface area contributed by atoms with E-state index in [2.05, 4.69) is 5.10 Å². The molecule has 6 heteroatoms. The van der Waals surface area contributed by atoms with E-state index in [4.69, 9.17) is 4.74 Å². The lowest BCUT2D eigenvalue weighted by atomic mass is 10.1. The molecule has 0 aliphatic carbocycles. The van der Waals surface area contributed by atoms with Gasteiger partial charge >= 0.3 is 0 Å². The molecule has 0 fully saturated rings. The first-order valence-electron chi connectivity index (χ1n) is 8.02. The molecule has 0 aliphatic rings. The van der Waals surface area contributed by atoms with E-state index < -0.39 is 6.10 Å². The van der Waals surface area contributed by atoms with Crippen LogP contribution in [0.4, 0.5) is 4.39 Å². The minimum absolute atomic E-state index is 0.0157. The zero-order valence-corrected chi connectivity index (χ0v) is 13.9. The molecule has 0 saturated carbocycles. The van der Waals surface area contributed by atoms with E-state index >= 15 is 0 Å². The van der Waals surface area contributed by atoms with Gasteiger partial charge in [-0.1, -0.05) is 36.4 Å². The molecule has 2 aromatic carbocycles. The van der Waals surface area contributed by atoms with Crippen LogP contribution < -0.4 is 5.56 Å². The molecule has 1 heterocycles. The molecular formula is C19H19FN2O3. The second-order valence-corrected chi connectivity index (χ2v) is 5.88. The van der Waals surface area contributed by atoms with E-state index in [1.807, 2.05) is 19.1 Å². The molecular weight excluding hydrogens is 323 g/mol. The van der Waals surface area contributed by atoms with Crippen molar-refractivity contribution in [3.63, 3.8) is 0 Å². The number of aliphatic hydroxyl groups is 1. The van der Waals surface area contributed by atoms with Gasteiger partial charge in [-0.05, 0) is 19.1 Å². The number of aliphatic hydroxyl groups excluding tert-OH is 1. The zero-order valence-electron chi connectivity index (χ0n) is 13.9. The van der Waals surface area contributed by atoms with E-state index in [0.29, 0.717) is 10.9 Å². The van der Waals surface area contributed by atoms with E-state index in [1.165, 1.54) is 10.7 Å². The number of ether oxygens (including phenoxy) is 1. The van der Waals surface area contributed by atoms with E-state index in [-0.39, 0.29) is 31.1 Å². The summed E-state index contributed by atoms with van der Waals surface area (Å²) in [5, 5.41) is 15.7. The van der Waals surface area contributed by atoms with E-state index in [0.717, 1.165) is 11.1 Å². The van der Waals surface area contributed by atoms with Crippen molar-refractivity contribution < 1.29 is 14.2 Å². The van der Waals surface area contributed by atoms with Gasteiger partial charge in [0.25, 0.3) is 5.56 Å². The normalized spacial score (nSPS) is 12.4. The second kappa shape index (κ2) is 7.55. The Kier molecular flexibility index (Phi) is 5.21. The third-order valence-corrected chi connectivity index (χ3v) is 3.96. The zero-order chi connectivity index (χ0) is 17.8. The van der Waals surface area contributed by atoms with Gasteiger partial charge in [-0.25, -0.2) is 9.07 Å². The van der Waals surface area contributed by atoms with Crippen molar-refractivity contribution in [2.45, 2.75) is 26.2 Å². The van der Waals surface area contributed by atoms with Gasteiger partial charge in [0, 0.05) is 10.9 Å². The van der Waals surface area contributed by atoms with E-state index in [1.54, 1.807) is 30.3 Å². The number of benzene rings is 2. The fraction of sp³-hybridized carbons (Fsp3) is 0.263. The van der Waals surface area contributed by atoms with Crippen LogP contribution in [0.25, 0.3) is 10.8 Å². The molecule has 0 unspecified atom stereocenters. The van der Waals surface area contributed by atoms with Crippen LogP contribution in [-0.4, -0.2) is 27.6 Å². The molecule has 3 aromatic rings. The van der Waals surface area contributed by atoms with Gasteiger partial charge in [0.05, 0.1) is 36.9 Å². The highest BCUT2D eigenvalue weighted by molar-refractivity contribution is 5.83. The van der Waals surface area contributed by atoms with Crippen molar-refractivity contribution in [1.82, 2.24) is 9.78 Å². The number of hydrogen-bond donors (Lipinski definition) is 1. The first-order chi connectivity index (χ1) is 12.1. The van der Waals surface area contributed by atoms with Crippen molar-refractivity contribution in [1.29, 1.82) is 0 Å². The van der Waals surface area contributed by atoms with Crippen molar-refractivity contribution in [3.8, 4) is 0 Å². The smallest absolute Gasteiger partial charge is 0.274 e. The van der Waals surface area contributed by atoms with Crippen LogP contribution in [0.2, 0.25) is 0 Å². The molecule has 1 N–H and O–H groups in total. The molecule has 1 aromatic heterocycles. The monoisotopic (exact) mass is 342 g/mol. The number of nitrogens with zero attached hydrogens (tertiary/aromatic N) is 2. The lowest BCUT2D eigenvalue weighted by molar-refractivity contribution is 0.0172. The first kappa shape index (κ1) is 17.3. The standard InChI is InChI=1S/C19H19FN2O3/c1-13-16-7-3-4-8-17(16)19(24)22(21-13)10-15(23)12-25-11-14-6-2-5-9-18(14)20/h2-9,15,23H,10-12H2,1H3/t15-/m1/s1. The highest BCUT2D eigenvalue weighted by Gasteiger charge is 2.12. The Labute approximate surface area is 144 Å². The minimum atomic E-state index is -0.919. The summed E-state index contributed by atoms with van der Waals surface area (Å²) in [5.74, 6) is -0.347. The van der Waals surface area contributed by atoms with Crippen LogP contribution in [0.15, 0.2) is 53.3 Å². The summed E-state index contributed by atoms with van der Waals surface area (Å²) in [6.07, 6.45) is -0.919. The summed E-state index contributed by atoms with van der Waals surface area (Å²) in [6.45, 7) is 1.87. The highest BCUT2D eigenvalue weighted by atomic mass is 19.1. The van der Waals surface area contributed by atoms with Crippen molar-refractivity contribution >= 4 is 10.8 Å². The van der Waals surface area contributed by atoms with Gasteiger partial charge in [-0.15, -0.1) is 0 Å². The van der Waals surface area contributed by atoms with Gasteiger partial charge in [0.15, 0.2) is 0 Å². The van der Waals surface area contributed by atoms with Crippen LogP contribution in [0.5, 0.6) is 0 Å². The predicted octanol–water partition coefficient (Wildman–Crippen LogP) is 2.42. The average molecular weight is 342 g/mol. The average Bonchev–Trinajstić information content (AvgIpc) is 2.61. The van der Waals surface area contributed by atoms with Crippen LogP contribution in [-0.2, 0) is 17.9 Å². The van der Waals surface area contributed by atoms with Gasteiger partial charge in [0.1, 0.15) is 5.82 Å². The van der Waals surface area contributed by atoms with Crippen LogP contribution in [0.1, 0.15) is 11.3 Å². The SMILES string of the molecule is Cc1nn(C[C@@H](O)COCc2ccccc2F)c(=O)c2ccccc12. The van der Waals surface area contributed by atoms with Crippen molar-refractivity contribution in [2.75, 3.05) is 6.61 Å². The maximum Gasteiger partial charge on any atom is 0.274 e. The van der Waals surface area contributed by atoms with Crippen molar-refractivity contribution in [2.24, 2.45) is 0 Å². The fourth-order valence-corrected chi connectivity index (χ4v) is 2.70. The molecule has 0 spiro atoms. The Balaban J connectivity index is 1.66.